The van der Waals surface area contributed by atoms with Gasteiger partial charge in [-0.25, -0.2) is 17.2 Å². The Kier molecular flexibility index (Phi) is 6.81. The Balaban J connectivity index is 1.56. The molecule has 0 aliphatic carbocycles. The fourth-order valence-corrected chi connectivity index (χ4v) is 6.71. The number of hydrogen-bond acceptors (Lipinski definition) is 5. The molecule has 1 amide bonds. The lowest BCUT2D eigenvalue weighted by Crippen LogP contribution is -2.53. The van der Waals surface area contributed by atoms with Gasteiger partial charge in [0.2, 0.25) is 0 Å². The van der Waals surface area contributed by atoms with E-state index in [4.69, 9.17) is 0 Å². The SMILES string of the molecule is CC(NC(=O)c1cc[nH]n1)c1cc(F)c(CC2[C@H](C)NC[C@@H](c3ccccc3)S2(=O)=O)cc1F. The van der Waals surface area contributed by atoms with Crippen LogP contribution in [0.5, 0.6) is 0 Å². The maximum absolute atomic E-state index is 15.0. The normalized spacial score (nSPS) is 22.8. The van der Waals surface area contributed by atoms with Crippen molar-refractivity contribution in [3.05, 3.63) is 88.7 Å². The Morgan fingerprint density at radius 2 is 1.91 bits per heavy atom. The summed E-state index contributed by atoms with van der Waals surface area (Å²) in [6, 6.07) is 11.1. The second-order valence-corrected chi connectivity index (χ2v) is 10.9. The van der Waals surface area contributed by atoms with Crippen LogP contribution in [0.2, 0.25) is 0 Å². The molecule has 1 aliphatic rings. The Morgan fingerprint density at radius 1 is 1.18 bits per heavy atom. The van der Waals surface area contributed by atoms with Gasteiger partial charge < -0.3 is 10.6 Å². The first kappa shape index (κ1) is 24.0. The number of amides is 1. The van der Waals surface area contributed by atoms with Crippen LogP contribution in [-0.4, -0.2) is 42.4 Å². The summed E-state index contributed by atoms with van der Waals surface area (Å²) < 4.78 is 56.8. The monoisotopic (exact) mass is 488 g/mol. The first-order valence-electron chi connectivity index (χ1n) is 11.0. The molecular formula is C24H26F2N4O3S. The Morgan fingerprint density at radius 3 is 2.59 bits per heavy atom. The molecular weight excluding hydrogens is 462 g/mol. The van der Waals surface area contributed by atoms with Gasteiger partial charge in [-0.1, -0.05) is 30.3 Å². The Bertz CT molecular complexity index is 1270. The van der Waals surface area contributed by atoms with Gasteiger partial charge in [0.1, 0.15) is 17.3 Å². The first-order chi connectivity index (χ1) is 16.2. The van der Waals surface area contributed by atoms with Crippen LogP contribution < -0.4 is 10.6 Å². The van der Waals surface area contributed by atoms with Crippen LogP contribution in [0, 0.1) is 11.6 Å². The van der Waals surface area contributed by atoms with Crippen LogP contribution in [0.4, 0.5) is 8.78 Å². The van der Waals surface area contributed by atoms with Gasteiger partial charge in [-0.3, -0.25) is 9.89 Å². The largest absolute Gasteiger partial charge is 0.344 e. The van der Waals surface area contributed by atoms with Crippen LogP contribution in [0.25, 0.3) is 0 Å². The predicted molar refractivity (Wildman–Crippen MR) is 124 cm³/mol. The highest BCUT2D eigenvalue weighted by atomic mass is 32.2. The molecule has 3 aromatic rings. The topological polar surface area (TPSA) is 104 Å². The zero-order chi connectivity index (χ0) is 24.5. The number of halogens is 2. The van der Waals surface area contributed by atoms with E-state index in [-0.39, 0.29) is 29.8 Å². The minimum Gasteiger partial charge on any atom is -0.344 e. The molecule has 0 bridgehead atoms. The van der Waals surface area contributed by atoms with E-state index in [1.807, 2.05) is 6.07 Å². The molecule has 7 nitrogen and oxygen atoms in total. The van der Waals surface area contributed by atoms with Gasteiger partial charge in [-0.05, 0) is 49.6 Å². The summed E-state index contributed by atoms with van der Waals surface area (Å²) in [6.45, 7) is 3.52. The van der Waals surface area contributed by atoms with Crippen LogP contribution in [-0.2, 0) is 16.3 Å². The third kappa shape index (κ3) is 4.74. The van der Waals surface area contributed by atoms with Crippen LogP contribution in [0.15, 0.2) is 54.7 Å². The molecule has 0 radical (unpaired) electrons. The van der Waals surface area contributed by atoms with Gasteiger partial charge in [0.25, 0.3) is 5.91 Å². The lowest BCUT2D eigenvalue weighted by molar-refractivity contribution is 0.0934. The molecule has 2 unspecified atom stereocenters. The van der Waals surface area contributed by atoms with Crippen molar-refractivity contribution in [3.8, 4) is 0 Å². The van der Waals surface area contributed by atoms with Crippen LogP contribution >= 0.6 is 0 Å². The number of carbonyl (C=O) groups excluding carboxylic acids is 1. The Labute approximate surface area is 196 Å². The van der Waals surface area contributed by atoms with E-state index in [1.165, 1.54) is 19.2 Å². The van der Waals surface area contributed by atoms with Crippen molar-refractivity contribution in [3.63, 3.8) is 0 Å². The summed E-state index contributed by atoms with van der Waals surface area (Å²) in [7, 11) is -3.68. The molecule has 2 heterocycles. The molecule has 4 atom stereocenters. The molecule has 2 aromatic carbocycles. The second kappa shape index (κ2) is 9.63. The highest BCUT2D eigenvalue weighted by Crippen LogP contribution is 2.33. The average Bonchev–Trinajstić information content (AvgIpc) is 3.34. The van der Waals surface area contributed by atoms with E-state index in [2.05, 4.69) is 20.8 Å². The van der Waals surface area contributed by atoms with E-state index in [0.29, 0.717) is 5.56 Å². The van der Waals surface area contributed by atoms with E-state index >= 15 is 4.39 Å². The van der Waals surface area contributed by atoms with Crippen molar-refractivity contribution in [1.82, 2.24) is 20.8 Å². The van der Waals surface area contributed by atoms with Gasteiger partial charge in [-0.15, -0.1) is 0 Å². The quantitative estimate of drug-likeness (QED) is 0.494. The van der Waals surface area contributed by atoms with Crippen molar-refractivity contribution < 1.29 is 22.0 Å². The average molecular weight is 489 g/mol. The van der Waals surface area contributed by atoms with Crippen molar-refractivity contribution in [2.24, 2.45) is 0 Å². The molecule has 1 saturated heterocycles. The zero-order valence-corrected chi connectivity index (χ0v) is 19.6. The van der Waals surface area contributed by atoms with E-state index in [9.17, 15) is 17.6 Å². The maximum atomic E-state index is 15.0. The van der Waals surface area contributed by atoms with Gasteiger partial charge in [-0.2, -0.15) is 5.10 Å². The number of aromatic nitrogens is 2. The zero-order valence-electron chi connectivity index (χ0n) is 18.8. The minimum atomic E-state index is -3.68. The number of nitrogens with one attached hydrogen (secondary N) is 3. The number of benzene rings is 2. The van der Waals surface area contributed by atoms with Crippen molar-refractivity contribution in [2.45, 2.75) is 42.9 Å². The fraction of sp³-hybridized carbons (Fsp3) is 0.333. The number of sulfone groups is 1. The maximum Gasteiger partial charge on any atom is 0.272 e. The number of hydrogen-bond donors (Lipinski definition) is 3. The third-order valence-corrected chi connectivity index (χ3v) is 8.96. The molecule has 1 fully saturated rings. The Hall–Kier alpha value is -3.11. The summed E-state index contributed by atoms with van der Waals surface area (Å²) in [5.41, 5.74) is 0.727. The van der Waals surface area contributed by atoms with Gasteiger partial charge in [0.15, 0.2) is 9.84 Å². The minimum absolute atomic E-state index is 0.0250. The molecule has 3 N–H and O–H groups in total. The van der Waals surface area contributed by atoms with Crippen molar-refractivity contribution in [1.29, 1.82) is 0 Å². The number of H-pyrrole nitrogens is 1. The summed E-state index contributed by atoms with van der Waals surface area (Å²) in [5.74, 6) is -1.97. The summed E-state index contributed by atoms with van der Waals surface area (Å²) in [6.07, 6.45) is 1.31. The van der Waals surface area contributed by atoms with E-state index in [0.717, 1.165) is 12.1 Å². The summed E-state index contributed by atoms with van der Waals surface area (Å²) in [4.78, 5) is 12.2. The molecule has 1 aliphatic heterocycles. The molecule has 0 spiro atoms. The molecule has 180 valence electrons. The lowest BCUT2D eigenvalue weighted by atomic mass is 9.99. The smallest absolute Gasteiger partial charge is 0.272 e. The van der Waals surface area contributed by atoms with Crippen LogP contribution in [0.3, 0.4) is 0 Å². The highest BCUT2D eigenvalue weighted by molar-refractivity contribution is 7.92. The molecule has 10 heteroatoms. The molecule has 4 rings (SSSR count). The fourth-order valence-electron chi connectivity index (χ4n) is 4.35. The lowest BCUT2D eigenvalue weighted by Gasteiger charge is -2.35. The summed E-state index contributed by atoms with van der Waals surface area (Å²) in [5, 5.41) is 10.4. The van der Waals surface area contributed by atoms with Crippen molar-refractivity contribution in [2.75, 3.05) is 6.54 Å². The van der Waals surface area contributed by atoms with Gasteiger partial charge >= 0.3 is 0 Å². The first-order valence-corrected chi connectivity index (χ1v) is 12.6. The predicted octanol–water partition coefficient (Wildman–Crippen LogP) is 3.24. The van der Waals surface area contributed by atoms with Crippen LogP contribution in [0.1, 0.15) is 52.3 Å². The van der Waals surface area contributed by atoms with E-state index in [1.54, 1.807) is 31.2 Å². The van der Waals surface area contributed by atoms with Gasteiger partial charge in [0.05, 0.1) is 16.5 Å². The molecule has 0 saturated carbocycles. The standard InChI is InChI=1S/C24H26F2N4O3S/c1-14(29-24(31)21-8-9-28-30-21)18-12-19(25)17(10-20(18)26)11-22-15(2)27-13-23(34(22,32)33)16-6-4-3-5-7-16/h3-10,12,14-15,22-23,27H,11,13H2,1-2H3,(H,28,30)(H,29,31)/t14?,15-,22?,23-/m0/s1. The number of aromatic amines is 1. The second-order valence-electron chi connectivity index (χ2n) is 8.55. The van der Waals surface area contributed by atoms with Crippen molar-refractivity contribution >= 4 is 15.7 Å². The summed E-state index contributed by atoms with van der Waals surface area (Å²) >= 11 is 0. The number of nitrogens with zero attached hydrogens (tertiary/aromatic N) is 1. The molecule has 34 heavy (non-hydrogen) atoms. The van der Waals surface area contributed by atoms with E-state index < -0.39 is 50.0 Å². The number of carbonyl (C=O) groups is 1. The molecule has 1 aromatic heterocycles. The highest BCUT2D eigenvalue weighted by Gasteiger charge is 2.42. The third-order valence-electron chi connectivity index (χ3n) is 6.31. The van der Waals surface area contributed by atoms with Gasteiger partial charge in [0, 0.05) is 24.3 Å². The number of rotatable bonds is 6.